The van der Waals surface area contributed by atoms with E-state index in [4.69, 9.17) is 10.5 Å². The molecule has 1 heterocycles. The zero-order chi connectivity index (χ0) is 9.84. The van der Waals surface area contributed by atoms with Crippen molar-refractivity contribution in [2.75, 3.05) is 20.2 Å². The molecule has 0 saturated carbocycles. The van der Waals surface area contributed by atoms with Gasteiger partial charge in [0.15, 0.2) is 0 Å². The molecule has 2 N–H and O–H groups in total. The number of hydrogen-bond donors (Lipinski definition) is 1. The van der Waals surface area contributed by atoms with Crippen LogP contribution in [-0.4, -0.2) is 43.2 Å². The minimum Gasteiger partial charge on any atom is -0.372 e. The number of amides is 1. The molecular formula is C9H18N2O2. The average molecular weight is 186 g/mol. The number of nitrogens with two attached hydrogens (primary N) is 1. The lowest BCUT2D eigenvalue weighted by molar-refractivity contribution is -0.141. The lowest BCUT2D eigenvalue weighted by Gasteiger charge is -2.31. The number of hydrogen-bond acceptors (Lipinski definition) is 3. The van der Waals surface area contributed by atoms with Gasteiger partial charge in [0.25, 0.3) is 5.91 Å². The van der Waals surface area contributed by atoms with E-state index in [1.54, 1.807) is 14.0 Å². The Hall–Kier alpha value is -0.610. The van der Waals surface area contributed by atoms with Crippen LogP contribution in [0.4, 0.5) is 0 Å². The van der Waals surface area contributed by atoms with Crippen LogP contribution >= 0.6 is 0 Å². The van der Waals surface area contributed by atoms with Crippen molar-refractivity contribution in [3.8, 4) is 0 Å². The number of methoxy groups -OCH3 is 1. The van der Waals surface area contributed by atoms with Crippen molar-refractivity contribution in [1.82, 2.24) is 4.90 Å². The fraction of sp³-hybridized carbons (Fsp3) is 0.889. The molecule has 0 aromatic heterocycles. The van der Waals surface area contributed by atoms with Gasteiger partial charge in [-0.25, -0.2) is 0 Å². The van der Waals surface area contributed by atoms with Crippen LogP contribution in [0.15, 0.2) is 0 Å². The molecule has 0 aromatic carbocycles. The van der Waals surface area contributed by atoms with Gasteiger partial charge in [-0.3, -0.25) is 4.79 Å². The van der Waals surface area contributed by atoms with Crippen LogP contribution in [0.2, 0.25) is 0 Å². The summed E-state index contributed by atoms with van der Waals surface area (Å²) in [5.74, 6) is 0.0781. The van der Waals surface area contributed by atoms with E-state index < -0.39 is 0 Å². The number of rotatable bonds is 2. The van der Waals surface area contributed by atoms with Crippen LogP contribution in [0.1, 0.15) is 19.8 Å². The zero-order valence-corrected chi connectivity index (χ0v) is 8.32. The lowest BCUT2D eigenvalue weighted by Crippen LogP contribution is -2.46. The van der Waals surface area contributed by atoms with Gasteiger partial charge in [0.2, 0.25) is 0 Å². The summed E-state index contributed by atoms with van der Waals surface area (Å²) in [5, 5.41) is 0. The van der Waals surface area contributed by atoms with Gasteiger partial charge in [0, 0.05) is 26.2 Å². The predicted molar refractivity (Wildman–Crippen MR) is 50.3 cm³/mol. The molecule has 4 heteroatoms. The highest BCUT2D eigenvalue weighted by molar-refractivity contribution is 5.80. The average Bonchev–Trinajstić information content (AvgIpc) is 2.17. The highest BCUT2D eigenvalue weighted by Crippen LogP contribution is 2.10. The molecule has 0 bridgehead atoms. The second-order valence-corrected chi connectivity index (χ2v) is 3.54. The Kier molecular flexibility index (Phi) is 3.69. The molecule has 1 atom stereocenters. The van der Waals surface area contributed by atoms with Gasteiger partial charge in [-0.2, -0.15) is 0 Å². The van der Waals surface area contributed by atoms with Gasteiger partial charge in [-0.1, -0.05) is 0 Å². The van der Waals surface area contributed by atoms with Crippen molar-refractivity contribution in [1.29, 1.82) is 0 Å². The Morgan fingerprint density at radius 3 is 2.54 bits per heavy atom. The van der Waals surface area contributed by atoms with Crippen molar-refractivity contribution in [3.05, 3.63) is 0 Å². The third-order valence-corrected chi connectivity index (χ3v) is 2.55. The molecule has 0 aromatic rings. The van der Waals surface area contributed by atoms with Gasteiger partial charge < -0.3 is 15.4 Å². The predicted octanol–water partition coefficient (Wildman–Crippen LogP) is -0.0290. The maximum atomic E-state index is 11.6. The molecule has 1 amide bonds. The maximum absolute atomic E-state index is 11.6. The highest BCUT2D eigenvalue weighted by atomic mass is 16.5. The van der Waals surface area contributed by atoms with Crippen LogP contribution in [0.3, 0.4) is 0 Å². The number of carbonyl (C=O) groups is 1. The zero-order valence-electron chi connectivity index (χ0n) is 8.32. The Morgan fingerprint density at radius 2 is 2.08 bits per heavy atom. The summed E-state index contributed by atoms with van der Waals surface area (Å²) in [6.07, 6.45) is 1.49. The van der Waals surface area contributed by atoms with Gasteiger partial charge >= 0.3 is 0 Å². The summed E-state index contributed by atoms with van der Waals surface area (Å²) in [6, 6.07) is 0.266. The van der Waals surface area contributed by atoms with E-state index in [0.29, 0.717) is 0 Å². The van der Waals surface area contributed by atoms with Gasteiger partial charge in [0.1, 0.15) is 6.10 Å². The first-order valence-electron chi connectivity index (χ1n) is 4.72. The molecule has 0 aliphatic carbocycles. The number of piperidine rings is 1. The molecule has 76 valence electrons. The summed E-state index contributed by atoms with van der Waals surface area (Å²) in [5.41, 5.74) is 5.74. The highest BCUT2D eigenvalue weighted by Gasteiger charge is 2.23. The third-order valence-electron chi connectivity index (χ3n) is 2.55. The first-order valence-corrected chi connectivity index (χ1v) is 4.72. The van der Waals surface area contributed by atoms with Gasteiger partial charge in [-0.15, -0.1) is 0 Å². The van der Waals surface area contributed by atoms with Crippen LogP contribution < -0.4 is 5.73 Å². The minimum atomic E-state index is -0.325. The van der Waals surface area contributed by atoms with Crippen molar-refractivity contribution < 1.29 is 9.53 Å². The monoisotopic (exact) mass is 186 g/mol. The molecule has 1 fully saturated rings. The van der Waals surface area contributed by atoms with Crippen LogP contribution in [0, 0.1) is 0 Å². The Balaban J connectivity index is 2.40. The molecule has 1 aliphatic rings. The normalized spacial score (nSPS) is 21.6. The van der Waals surface area contributed by atoms with Crippen molar-refractivity contribution in [2.24, 2.45) is 5.73 Å². The SMILES string of the molecule is COC(C)C(=O)N1CCC(N)CC1. The quantitative estimate of drug-likeness (QED) is 0.659. The number of ether oxygens (including phenoxy) is 1. The van der Waals surface area contributed by atoms with Crippen LogP contribution in [-0.2, 0) is 9.53 Å². The molecule has 0 radical (unpaired) electrons. The second-order valence-electron chi connectivity index (χ2n) is 3.54. The van der Waals surface area contributed by atoms with E-state index in [-0.39, 0.29) is 18.1 Å². The lowest BCUT2D eigenvalue weighted by atomic mass is 10.1. The maximum Gasteiger partial charge on any atom is 0.251 e. The van der Waals surface area contributed by atoms with E-state index >= 15 is 0 Å². The van der Waals surface area contributed by atoms with E-state index in [0.717, 1.165) is 25.9 Å². The Morgan fingerprint density at radius 1 is 1.54 bits per heavy atom. The second kappa shape index (κ2) is 4.58. The van der Waals surface area contributed by atoms with E-state index in [2.05, 4.69) is 0 Å². The molecule has 4 nitrogen and oxygen atoms in total. The van der Waals surface area contributed by atoms with Crippen molar-refractivity contribution in [2.45, 2.75) is 31.9 Å². The van der Waals surface area contributed by atoms with Crippen LogP contribution in [0.5, 0.6) is 0 Å². The number of likely N-dealkylation sites (tertiary alicyclic amines) is 1. The van der Waals surface area contributed by atoms with Crippen molar-refractivity contribution in [3.63, 3.8) is 0 Å². The van der Waals surface area contributed by atoms with Crippen molar-refractivity contribution >= 4 is 5.91 Å². The van der Waals surface area contributed by atoms with Gasteiger partial charge in [-0.05, 0) is 19.8 Å². The Labute approximate surface area is 79.0 Å². The molecule has 0 spiro atoms. The summed E-state index contributed by atoms with van der Waals surface area (Å²) in [7, 11) is 1.55. The Bertz CT molecular complexity index is 176. The molecule has 1 saturated heterocycles. The molecule has 1 rings (SSSR count). The van der Waals surface area contributed by atoms with E-state index in [1.165, 1.54) is 0 Å². The summed E-state index contributed by atoms with van der Waals surface area (Å²) >= 11 is 0. The first kappa shape index (κ1) is 10.5. The largest absolute Gasteiger partial charge is 0.372 e. The first-order chi connectivity index (χ1) is 6.15. The smallest absolute Gasteiger partial charge is 0.251 e. The minimum absolute atomic E-state index is 0.0781. The number of nitrogens with zero attached hydrogens (tertiary/aromatic N) is 1. The molecular weight excluding hydrogens is 168 g/mol. The summed E-state index contributed by atoms with van der Waals surface area (Å²) < 4.78 is 4.97. The summed E-state index contributed by atoms with van der Waals surface area (Å²) in [6.45, 7) is 3.32. The fourth-order valence-electron chi connectivity index (χ4n) is 1.48. The summed E-state index contributed by atoms with van der Waals surface area (Å²) in [4.78, 5) is 13.4. The van der Waals surface area contributed by atoms with Gasteiger partial charge in [0.05, 0.1) is 0 Å². The molecule has 1 aliphatic heterocycles. The fourth-order valence-corrected chi connectivity index (χ4v) is 1.48. The molecule has 1 unspecified atom stereocenters. The third kappa shape index (κ3) is 2.67. The van der Waals surface area contributed by atoms with E-state index in [1.807, 2.05) is 4.90 Å². The standard InChI is InChI=1S/C9H18N2O2/c1-7(13-2)9(12)11-5-3-8(10)4-6-11/h7-8H,3-6,10H2,1-2H3. The number of carbonyl (C=O) groups excluding carboxylic acids is 1. The molecule has 13 heavy (non-hydrogen) atoms. The van der Waals surface area contributed by atoms with Crippen LogP contribution in [0.25, 0.3) is 0 Å². The topological polar surface area (TPSA) is 55.6 Å². The van der Waals surface area contributed by atoms with E-state index in [9.17, 15) is 4.79 Å².